The number of hydrogen-bond donors (Lipinski definition) is 0. The lowest BCUT2D eigenvalue weighted by molar-refractivity contribution is 0.152. The molecule has 0 fully saturated rings. The molecule has 0 radical (unpaired) electrons. The molecule has 0 spiro atoms. The van der Waals surface area contributed by atoms with E-state index in [1.54, 1.807) is 48.5 Å². The zero-order chi connectivity index (χ0) is 15.5. The first-order valence-electron chi connectivity index (χ1n) is 6.84. The number of carbonyl (C=O) groups excluding carboxylic acids is 1. The van der Waals surface area contributed by atoms with Gasteiger partial charge in [0.05, 0.1) is 0 Å². The van der Waals surface area contributed by atoms with Gasteiger partial charge in [-0.05, 0) is 24.3 Å². The summed E-state index contributed by atoms with van der Waals surface area (Å²) in [4.78, 5) is 11.3. The maximum atomic E-state index is 11.3. The Bertz CT molecular complexity index is 582. The van der Waals surface area contributed by atoms with Gasteiger partial charge in [0.25, 0.3) is 0 Å². The van der Waals surface area contributed by atoms with Crippen LogP contribution < -0.4 is 9.47 Å². The summed E-state index contributed by atoms with van der Waals surface area (Å²) in [5, 5.41) is 0. The van der Waals surface area contributed by atoms with Crippen LogP contribution in [0.1, 0.15) is 0 Å². The molecule has 0 aliphatic carbocycles. The quantitative estimate of drug-likeness (QED) is 0.495. The monoisotopic (exact) mass is 292 g/mol. The van der Waals surface area contributed by atoms with Crippen molar-refractivity contribution in [1.29, 1.82) is 0 Å². The van der Waals surface area contributed by atoms with Crippen LogP contribution in [0.4, 0.5) is 4.79 Å². The van der Waals surface area contributed by atoms with Gasteiger partial charge in [0.15, 0.2) is 0 Å². The minimum absolute atomic E-state index is 0.462. The molecule has 0 aromatic heterocycles. The lowest BCUT2D eigenvalue weighted by atomic mass is 10.3. The molecule has 0 N–H and O–H groups in total. The minimum atomic E-state index is -0.739. The Morgan fingerprint density at radius 3 is 1.09 bits per heavy atom. The Balaban J connectivity index is 0.000000246. The summed E-state index contributed by atoms with van der Waals surface area (Å²) < 4.78 is 9.91. The summed E-state index contributed by atoms with van der Waals surface area (Å²) in [6, 6.07) is 29.6. The molecule has 0 heterocycles. The van der Waals surface area contributed by atoms with Crippen LogP contribution in [-0.2, 0) is 0 Å². The fourth-order valence-corrected chi connectivity index (χ4v) is 1.58. The molecular weight excluding hydrogens is 276 g/mol. The number of hydrogen-bond acceptors (Lipinski definition) is 3. The van der Waals surface area contributed by atoms with E-state index in [0.717, 1.165) is 0 Å². The highest BCUT2D eigenvalue weighted by atomic mass is 16.7. The first-order chi connectivity index (χ1) is 10.8. The van der Waals surface area contributed by atoms with Crippen LogP contribution in [0.3, 0.4) is 0 Å². The zero-order valence-electron chi connectivity index (χ0n) is 12.0. The predicted molar refractivity (Wildman–Crippen MR) is 86.0 cm³/mol. The van der Waals surface area contributed by atoms with Crippen molar-refractivity contribution in [3.8, 4) is 11.5 Å². The van der Waals surface area contributed by atoms with Crippen LogP contribution in [0.25, 0.3) is 0 Å². The smallest absolute Gasteiger partial charge is 0.395 e. The Hall–Kier alpha value is -3.07. The summed E-state index contributed by atoms with van der Waals surface area (Å²) >= 11 is 0. The molecule has 0 unspecified atom stereocenters. The standard InChI is InChI=1S/C13H10O3.C6H6/c14-13(15-11-7-3-1-4-8-11)16-12-9-5-2-6-10-12;1-2-4-6-5-3-1/h1-10H;1-6H. The van der Waals surface area contributed by atoms with Gasteiger partial charge in [-0.3, -0.25) is 0 Å². The molecule has 3 aromatic rings. The third-order valence-electron chi connectivity index (χ3n) is 2.56. The van der Waals surface area contributed by atoms with Gasteiger partial charge >= 0.3 is 6.16 Å². The molecule has 0 atom stereocenters. The second-order valence-corrected chi connectivity index (χ2v) is 4.23. The molecule has 0 saturated heterocycles. The summed E-state index contributed by atoms with van der Waals surface area (Å²) in [5.74, 6) is 0.923. The van der Waals surface area contributed by atoms with E-state index < -0.39 is 6.16 Å². The third kappa shape index (κ3) is 5.92. The maximum absolute atomic E-state index is 11.3. The molecule has 3 heteroatoms. The first kappa shape index (κ1) is 15.3. The van der Waals surface area contributed by atoms with Crippen molar-refractivity contribution in [3.63, 3.8) is 0 Å². The molecule has 22 heavy (non-hydrogen) atoms. The van der Waals surface area contributed by atoms with Gasteiger partial charge in [0.2, 0.25) is 0 Å². The lowest BCUT2D eigenvalue weighted by Gasteiger charge is -2.04. The SMILES string of the molecule is O=C(Oc1ccccc1)Oc1ccccc1.c1ccccc1. The van der Waals surface area contributed by atoms with E-state index in [4.69, 9.17) is 9.47 Å². The molecule has 0 amide bonds. The van der Waals surface area contributed by atoms with Gasteiger partial charge < -0.3 is 9.47 Å². The Labute approximate surface area is 129 Å². The van der Waals surface area contributed by atoms with Crippen LogP contribution in [0.15, 0.2) is 97.1 Å². The highest BCUT2D eigenvalue weighted by Crippen LogP contribution is 2.12. The fourth-order valence-electron chi connectivity index (χ4n) is 1.58. The van der Waals surface area contributed by atoms with Crippen molar-refractivity contribution in [2.24, 2.45) is 0 Å². The topological polar surface area (TPSA) is 35.5 Å². The third-order valence-corrected chi connectivity index (χ3v) is 2.56. The molecular formula is C19H16O3. The number of rotatable bonds is 2. The van der Waals surface area contributed by atoms with E-state index in [0.29, 0.717) is 11.5 Å². The number of ether oxygens (including phenoxy) is 2. The number of para-hydroxylation sites is 2. The highest BCUT2D eigenvalue weighted by molar-refractivity contribution is 5.66. The van der Waals surface area contributed by atoms with Gasteiger partial charge in [0.1, 0.15) is 11.5 Å². The normalized spacial score (nSPS) is 9.09. The van der Waals surface area contributed by atoms with Crippen molar-refractivity contribution in [1.82, 2.24) is 0 Å². The molecule has 0 aliphatic heterocycles. The van der Waals surface area contributed by atoms with Crippen LogP contribution in [0.2, 0.25) is 0 Å². The Kier molecular flexibility index (Phi) is 6.25. The molecule has 3 rings (SSSR count). The van der Waals surface area contributed by atoms with Gasteiger partial charge in [0, 0.05) is 0 Å². The van der Waals surface area contributed by atoms with Crippen LogP contribution in [0.5, 0.6) is 11.5 Å². The lowest BCUT2D eigenvalue weighted by Crippen LogP contribution is -2.13. The average Bonchev–Trinajstić information content (AvgIpc) is 2.59. The molecule has 0 bridgehead atoms. The highest BCUT2D eigenvalue weighted by Gasteiger charge is 2.06. The van der Waals surface area contributed by atoms with Crippen molar-refractivity contribution in [2.45, 2.75) is 0 Å². The van der Waals surface area contributed by atoms with Gasteiger partial charge in [-0.15, -0.1) is 0 Å². The van der Waals surface area contributed by atoms with E-state index in [1.165, 1.54) is 0 Å². The molecule has 110 valence electrons. The number of carbonyl (C=O) groups is 1. The summed E-state index contributed by atoms with van der Waals surface area (Å²) in [6.07, 6.45) is -0.739. The summed E-state index contributed by atoms with van der Waals surface area (Å²) in [6.45, 7) is 0. The average molecular weight is 292 g/mol. The fraction of sp³-hybridized carbons (Fsp3) is 0. The van der Waals surface area contributed by atoms with Crippen LogP contribution in [-0.4, -0.2) is 6.16 Å². The first-order valence-corrected chi connectivity index (χ1v) is 6.84. The molecule has 0 saturated carbocycles. The second kappa shape index (κ2) is 8.97. The van der Waals surface area contributed by atoms with Gasteiger partial charge in [-0.1, -0.05) is 72.8 Å². The van der Waals surface area contributed by atoms with Crippen molar-refractivity contribution < 1.29 is 14.3 Å². The van der Waals surface area contributed by atoms with Gasteiger partial charge in [-0.2, -0.15) is 0 Å². The molecule has 0 aliphatic rings. The Morgan fingerprint density at radius 1 is 0.500 bits per heavy atom. The van der Waals surface area contributed by atoms with Crippen molar-refractivity contribution in [3.05, 3.63) is 97.1 Å². The van der Waals surface area contributed by atoms with E-state index in [9.17, 15) is 4.79 Å². The summed E-state index contributed by atoms with van der Waals surface area (Å²) in [5.41, 5.74) is 0. The number of benzene rings is 3. The van der Waals surface area contributed by atoms with Crippen molar-refractivity contribution in [2.75, 3.05) is 0 Å². The Morgan fingerprint density at radius 2 is 0.773 bits per heavy atom. The van der Waals surface area contributed by atoms with E-state index >= 15 is 0 Å². The van der Waals surface area contributed by atoms with Crippen LogP contribution >= 0.6 is 0 Å². The van der Waals surface area contributed by atoms with Crippen LogP contribution in [0, 0.1) is 0 Å². The van der Waals surface area contributed by atoms with Crippen molar-refractivity contribution >= 4 is 6.16 Å². The summed E-state index contributed by atoms with van der Waals surface area (Å²) in [7, 11) is 0. The van der Waals surface area contributed by atoms with E-state index in [-0.39, 0.29) is 0 Å². The minimum Gasteiger partial charge on any atom is -0.395 e. The largest absolute Gasteiger partial charge is 0.519 e. The molecule has 3 aromatic carbocycles. The molecule has 3 nitrogen and oxygen atoms in total. The van der Waals surface area contributed by atoms with E-state index in [2.05, 4.69) is 0 Å². The predicted octanol–water partition coefficient (Wildman–Crippen LogP) is 4.95. The second-order valence-electron chi connectivity index (χ2n) is 4.23. The maximum Gasteiger partial charge on any atom is 0.519 e. The van der Waals surface area contributed by atoms with Gasteiger partial charge in [-0.25, -0.2) is 4.79 Å². The van der Waals surface area contributed by atoms with E-state index in [1.807, 2.05) is 48.5 Å². The zero-order valence-corrected chi connectivity index (χ0v) is 12.0.